The minimum absolute atomic E-state index is 0.365. The molecule has 2 nitrogen and oxygen atoms in total. The van der Waals surface area contributed by atoms with Gasteiger partial charge in [0.2, 0.25) is 0 Å². The Hall–Kier alpha value is -1.80. The van der Waals surface area contributed by atoms with Crippen LogP contribution >= 0.6 is 0 Å². The molecule has 1 heterocycles. The first-order chi connectivity index (χ1) is 11.0. The van der Waals surface area contributed by atoms with Crippen molar-refractivity contribution < 1.29 is 0 Å². The van der Waals surface area contributed by atoms with Crippen molar-refractivity contribution in [3.05, 3.63) is 47.7 Å². The lowest BCUT2D eigenvalue weighted by molar-refractivity contribution is 0.534. The monoisotopic (exact) mass is 306 g/mol. The molecule has 3 aromatic rings. The molecule has 0 spiro atoms. The SMILES string of the molecule is Cc1c([C@@H]2[C@H](CCN)C2(C)C)c2ccc3ccccc3c2n1C. The van der Waals surface area contributed by atoms with E-state index in [2.05, 4.69) is 68.8 Å². The Bertz CT molecular complexity index is 901. The van der Waals surface area contributed by atoms with Crippen LogP contribution in [0.1, 0.15) is 37.4 Å². The van der Waals surface area contributed by atoms with Crippen molar-refractivity contribution in [2.75, 3.05) is 6.54 Å². The van der Waals surface area contributed by atoms with E-state index in [1.165, 1.54) is 27.4 Å². The number of nitrogens with zero attached hydrogens (tertiary/aromatic N) is 1. The van der Waals surface area contributed by atoms with Gasteiger partial charge in [-0.25, -0.2) is 0 Å². The van der Waals surface area contributed by atoms with E-state index in [9.17, 15) is 0 Å². The van der Waals surface area contributed by atoms with Gasteiger partial charge in [-0.05, 0) is 48.1 Å². The lowest BCUT2D eigenvalue weighted by Gasteiger charge is -2.04. The highest BCUT2D eigenvalue weighted by molar-refractivity contribution is 6.07. The maximum absolute atomic E-state index is 5.86. The molecule has 2 aromatic carbocycles. The van der Waals surface area contributed by atoms with E-state index in [1.54, 1.807) is 5.56 Å². The van der Waals surface area contributed by atoms with Gasteiger partial charge < -0.3 is 10.3 Å². The Labute approximate surface area is 138 Å². The number of aryl methyl sites for hydroxylation is 1. The lowest BCUT2D eigenvalue weighted by Crippen LogP contribution is -2.02. The van der Waals surface area contributed by atoms with Crippen molar-refractivity contribution >= 4 is 21.7 Å². The van der Waals surface area contributed by atoms with Crippen molar-refractivity contribution in [3.8, 4) is 0 Å². The molecule has 0 radical (unpaired) electrons. The molecule has 23 heavy (non-hydrogen) atoms. The highest BCUT2D eigenvalue weighted by Crippen LogP contribution is 2.67. The molecular formula is C21H26N2. The zero-order valence-corrected chi connectivity index (χ0v) is 14.6. The van der Waals surface area contributed by atoms with E-state index in [0.717, 1.165) is 13.0 Å². The highest BCUT2D eigenvalue weighted by atomic mass is 15.0. The normalized spacial score (nSPS) is 22.8. The summed E-state index contributed by atoms with van der Waals surface area (Å²) in [5.41, 5.74) is 10.6. The number of hydrogen-bond donors (Lipinski definition) is 1. The third-order valence-corrected chi connectivity index (χ3v) is 6.26. The van der Waals surface area contributed by atoms with Gasteiger partial charge in [0.15, 0.2) is 0 Å². The maximum Gasteiger partial charge on any atom is 0.0562 e. The summed E-state index contributed by atoms with van der Waals surface area (Å²) in [6.45, 7) is 7.87. The van der Waals surface area contributed by atoms with Crippen LogP contribution in [0.3, 0.4) is 0 Å². The molecule has 2 N–H and O–H groups in total. The van der Waals surface area contributed by atoms with Gasteiger partial charge in [-0.2, -0.15) is 0 Å². The first kappa shape index (κ1) is 14.8. The van der Waals surface area contributed by atoms with Crippen molar-refractivity contribution in [2.45, 2.75) is 33.1 Å². The smallest absolute Gasteiger partial charge is 0.0562 e. The summed E-state index contributed by atoms with van der Waals surface area (Å²) in [6.07, 6.45) is 1.13. The Morgan fingerprint density at radius 3 is 2.57 bits per heavy atom. The number of hydrogen-bond acceptors (Lipinski definition) is 1. The highest BCUT2D eigenvalue weighted by Gasteiger charge is 2.58. The molecule has 2 heteroatoms. The van der Waals surface area contributed by atoms with Gasteiger partial charge in [0.05, 0.1) is 5.52 Å². The summed E-state index contributed by atoms with van der Waals surface area (Å²) in [4.78, 5) is 0. The van der Waals surface area contributed by atoms with Crippen LogP contribution in [-0.2, 0) is 7.05 Å². The second-order valence-electron chi connectivity index (χ2n) is 7.72. The van der Waals surface area contributed by atoms with Crippen LogP contribution in [0.15, 0.2) is 36.4 Å². The van der Waals surface area contributed by atoms with Crippen LogP contribution < -0.4 is 5.73 Å². The maximum atomic E-state index is 5.86. The standard InChI is InChI=1S/C21H26N2/c1-13-18(19-17(11-12-22)21(19,2)3)16-10-9-14-7-5-6-8-15(14)20(16)23(13)4/h5-10,17,19H,11-12,22H2,1-4H3/t17-,19-/m0/s1. The van der Waals surface area contributed by atoms with Crippen LogP contribution in [0.5, 0.6) is 0 Å². The number of nitrogens with two attached hydrogens (primary N) is 1. The van der Waals surface area contributed by atoms with Gasteiger partial charge in [0, 0.05) is 23.5 Å². The summed E-state index contributed by atoms with van der Waals surface area (Å²) >= 11 is 0. The quantitative estimate of drug-likeness (QED) is 0.745. The number of fused-ring (bicyclic) bond motifs is 3. The summed E-state index contributed by atoms with van der Waals surface area (Å²) < 4.78 is 2.39. The molecule has 120 valence electrons. The van der Waals surface area contributed by atoms with E-state index >= 15 is 0 Å². The first-order valence-corrected chi connectivity index (χ1v) is 8.65. The van der Waals surface area contributed by atoms with Crippen molar-refractivity contribution in [2.24, 2.45) is 24.1 Å². The van der Waals surface area contributed by atoms with E-state index in [4.69, 9.17) is 5.73 Å². The molecule has 0 amide bonds. The average molecular weight is 306 g/mol. The number of aromatic nitrogens is 1. The number of rotatable bonds is 3. The van der Waals surface area contributed by atoms with Gasteiger partial charge in [-0.3, -0.25) is 0 Å². The molecule has 1 aliphatic rings. The van der Waals surface area contributed by atoms with Gasteiger partial charge in [-0.15, -0.1) is 0 Å². The second-order valence-corrected chi connectivity index (χ2v) is 7.72. The van der Waals surface area contributed by atoms with Crippen LogP contribution in [0.4, 0.5) is 0 Å². The van der Waals surface area contributed by atoms with Gasteiger partial charge in [0.25, 0.3) is 0 Å². The van der Waals surface area contributed by atoms with Gasteiger partial charge in [-0.1, -0.05) is 50.2 Å². The number of benzene rings is 2. The lowest BCUT2D eigenvalue weighted by atomic mass is 9.98. The predicted molar refractivity (Wildman–Crippen MR) is 98.8 cm³/mol. The molecule has 1 fully saturated rings. The molecule has 0 aliphatic heterocycles. The van der Waals surface area contributed by atoms with Crippen molar-refractivity contribution in [3.63, 3.8) is 0 Å². The van der Waals surface area contributed by atoms with E-state index in [1.807, 2.05) is 0 Å². The Morgan fingerprint density at radius 2 is 1.83 bits per heavy atom. The third kappa shape index (κ3) is 1.91. The molecule has 4 rings (SSSR count). The Balaban J connectivity index is 1.99. The minimum Gasteiger partial charge on any atom is -0.347 e. The first-order valence-electron chi connectivity index (χ1n) is 8.65. The van der Waals surface area contributed by atoms with Crippen molar-refractivity contribution in [1.29, 1.82) is 0 Å². The average Bonchev–Trinajstić information content (AvgIpc) is 2.96. The molecular weight excluding hydrogens is 280 g/mol. The molecule has 1 aliphatic carbocycles. The molecule has 1 saturated carbocycles. The van der Waals surface area contributed by atoms with Crippen molar-refractivity contribution in [1.82, 2.24) is 4.57 Å². The Kier molecular flexibility index (Phi) is 3.11. The summed E-state index contributed by atoms with van der Waals surface area (Å²) in [5.74, 6) is 1.35. The van der Waals surface area contributed by atoms with Crippen LogP contribution in [0.25, 0.3) is 21.7 Å². The van der Waals surface area contributed by atoms with Crippen LogP contribution in [0, 0.1) is 18.3 Å². The van der Waals surface area contributed by atoms with E-state index in [0.29, 0.717) is 17.3 Å². The fraction of sp³-hybridized carbons (Fsp3) is 0.429. The molecule has 1 aromatic heterocycles. The van der Waals surface area contributed by atoms with Crippen LogP contribution in [-0.4, -0.2) is 11.1 Å². The molecule has 2 atom stereocenters. The second kappa shape index (κ2) is 4.85. The van der Waals surface area contributed by atoms with Crippen LogP contribution in [0.2, 0.25) is 0 Å². The predicted octanol–water partition coefficient (Wildman–Crippen LogP) is 4.73. The third-order valence-electron chi connectivity index (χ3n) is 6.26. The summed E-state index contributed by atoms with van der Waals surface area (Å²) in [6, 6.07) is 13.3. The molecule has 0 saturated heterocycles. The fourth-order valence-corrected chi connectivity index (χ4v) is 4.81. The minimum atomic E-state index is 0.365. The fourth-order valence-electron chi connectivity index (χ4n) is 4.81. The summed E-state index contributed by atoms with van der Waals surface area (Å²) in [7, 11) is 2.21. The summed E-state index contributed by atoms with van der Waals surface area (Å²) in [5, 5.41) is 4.11. The Morgan fingerprint density at radius 1 is 1.09 bits per heavy atom. The zero-order valence-electron chi connectivity index (χ0n) is 14.6. The molecule has 0 unspecified atom stereocenters. The largest absolute Gasteiger partial charge is 0.347 e. The van der Waals surface area contributed by atoms with Gasteiger partial charge >= 0.3 is 0 Å². The zero-order chi connectivity index (χ0) is 16.4. The van der Waals surface area contributed by atoms with E-state index in [-0.39, 0.29) is 0 Å². The molecule has 0 bridgehead atoms. The van der Waals surface area contributed by atoms with E-state index < -0.39 is 0 Å². The van der Waals surface area contributed by atoms with Gasteiger partial charge in [0.1, 0.15) is 0 Å². The topological polar surface area (TPSA) is 30.9 Å².